The van der Waals surface area contributed by atoms with Crippen LogP contribution in [0.3, 0.4) is 0 Å². The van der Waals surface area contributed by atoms with Crippen LogP contribution in [0.5, 0.6) is 5.75 Å². The van der Waals surface area contributed by atoms with E-state index in [0.29, 0.717) is 17.7 Å². The molecule has 2 aromatic rings. The summed E-state index contributed by atoms with van der Waals surface area (Å²) in [5.41, 5.74) is 5.33. The minimum absolute atomic E-state index is 0.0192. The minimum atomic E-state index is -2.76. The number of benzene rings is 2. The average molecular weight is 562 g/mol. The van der Waals surface area contributed by atoms with Crippen LogP contribution >= 0.6 is 0 Å². The number of nitrogens with one attached hydrogen (secondary N) is 1. The highest BCUT2D eigenvalue weighted by molar-refractivity contribution is 6.32. The van der Waals surface area contributed by atoms with Crippen molar-refractivity contribution in [1.29, 1.82) is 0 Å². The Labute approximate surface area is 235 Å². The number of likely N-dealkylation sites (N-methyl/N-ethyl adjacent to an activating group) is 1. The summed E-state index contributed by atoms with van der Waals surface area (Å²) in [7, 11) is 3.08. The van der Waals surface area contributed by atoms with E-state index in [2.05, 4.69) is 5.32 Å². The Morgan fingerprint density at radius 2 is 1.71 bits per heavy atom. The maximum Gasteiger partial charge on any atom is 0.235 e. The summed E-state index contributed by atoms with van der Waals surface area (Å²) in [6.07, 6.45) is 0.151. The van der Waals surface area contributed by atoms with Crippen LogP contribution in [0.25, 0.3) is 11.1 Å². The lowest BCUT2D eigenvalue weighted by atomic mass is 9.52. The molecular formula is C30H31N3O8. The Morgan fingerprint density at radius 1 is 1.05 bits per heavy atom. The highest BCUT2D eigenvalue weighted by atomic mass is 16.3. The number of phenolic OH excluding ortho intramolecular Hbond substituents is 1. The number of rotatable bonds is 5. The van der Waals surface area contributed by atoms with Crippen molar-refractivity contribution in [2.75, 3.05) is 14.1 Å². The smallest absolute Gasteiger partial charge is 0.235 e. The van der Waals surface area contributed by atoms with Crippen LogP contribution in [0.4, 0.5) is 0 Å². The number of Topliss-reactive ketones (excluding diaryl/α,β-unsaturated/α-hetero) is 4. The molecule has 2 aromatic carbocycles. The molecule has 6 atom stereocenters. The van der Waals surface area contributed by atoms with E-state index in [1.807, 2.05) is 24.3 Å². The van der Waals surface area contributed by atoms with Gasteiger partial charge in [0.2, 0.25) is 11.8 Å². The number of amides is 2. The second-order valence-corrected chi connectivity index (χ2v) is 11.4. The molecule has 2 fully saturated rings. The fourth-order valence-corrected chi connectivity index (χ4v) is 6.90. The van der Waals surface area contributed by atoms with Gasteiger partial charge < -0.3 is 21.3 Å². The summed E-state index contributed by atoms with van der Waals surface area (Å²) in [6.45, 7) is 1.77. The zero-order valence-electron chi connectivity index (χ0n) is 22.8. The largest absolute Gasteiger partial charge is 0.507 e. The number of aliphatic hydroxyl groups is 1. The second-order valence-electron chi connectivity index (χ2n) is 11.4. The van der Waals surface area contributed by atoms with Crippen LogP contribution in [0.1, 0.15) is 34.8 Å². The van der Waals surface area contributed by atoms with Gasteiger partial charge in [-0.05, 0) is 61.2 Å². The van der Waals surface area contributed by atoms with Crippen molar-refractivity contribution in [2.24, 2.45) is 29.4 Å². The number of nitrogens with two attached hydrogens (primary N) is 1. The summed E-state index contributed by atoms with van der Waals surface area (Å²) >= 11 is 0. The standard InChI is InChI=1S/C30H31N3O8/c1-13(34)32-12-14-4-6-15(7-5-14)17-8-9-20(35)22-18(17)10-16-11-19-24(33(2)3)26(37)23(29(31)40)28(39)30(19,41)27(38)21(16)25(22)36/h4-9,16,19,21,23-24,35,41H,10-12H2,1-3H3,(H2,31,40)(H,32,34)/t16-,19-,21?,23?,24-,30-/m1/s1. The van der Waals surface area contributed by atoms with Gasteiger partial charge in [0.15, 0.2) is 34.7 Å². The molecule has 5 rings (SSSR count). The van der Waals surface area contributed by atoms with E-state index in [0.717, 1.165) is 11.1 Å². The molecule has 2 unspecified atom stereocenters. The lowest BCUT2D eigenvalue weighted by Gasteiger charge is -2.52. The maximum absolute atomic E-state index is 13.9. The third-order valence-electron chi connectivity index (χ3n) is 8.75. The van der Waals surface area contributed by atoms with Gasteiger partial charge in [-0.1, -0.05) is 30.3 Å². The Kier molecular flexibility index (Phi) is 6.91. The molecule has 0 bridgehead atoms. The van der Waals surface area contributed by atoms with Crippen LogP contribution in [0.2, 0.25) is 0 Å². The highest BCUT2D eigenvalue weighted by Crippen LogP contribution is 2.51. The van der Waals surface area contributed by atoms with E-state index in [-0.39, 0.29) is 30.1 Å². The van der Waals surface area contributed by atoms with Gasteiger partial charge in [-0.2, -0.15) is 0 Å². The van der Waals surface area contributed by atoms with Crippen LogP contribution < -0.4 is 11.1 Å². The zero-order valence-corrected chi connectivity index (χ0v) is 22.8. The molecule has 0 aromatic heterocycles. The van der Waals surface area contributed by atoms with Gasteiger partial charge in [0.1, 0.15) is 5.75 Å². The number of primary amides is 1. The van der Waals surface area contributed by atoms with Crippen molar-refractivity contribution in [3.05, 3.63) is 53.1 Å². The monoisotopic (exact) mass is 561 g/mol. The molecule has 11 heteroatoms. The minimum Gasteiger partial charge on any atom is -0.507 e. The Balaban J connectivity index is 1.58. The van der Waals surface area contributed by atoms with Crippen LogP contribution in [-0.4, -0.2) is 75.8 Å². The highest BCUT2D eigenvalue weighted by Gasteiger charge is 2.69. The van der Waals surface area contributed by atoms with Crippen LogP contribution in [-0.2, 0) is 36.9 Å². The van der Waals surface area contributed by atoms with Gasteiger partial charge in [0, 0.05) is 19.4 Å². The normalized spacial score (nSPS) is 29.0. The Morgan fingerprint density at radius 3 is 2.29 bits per heavy atom. The summed E-state index contributed by atoms with van der Waals surface area (Å²) in [5, 5.41) is 25.1. The van der Waals surface area contributed by atoms with Crippen molar-refractivity contribution in [3.8, 4) is 16.9 Å². The fourth-order valence-electron chi connectivity index (χ4n) is 6.90. The molecule has 5 N–H and O–H groups in total. The molecule has 0 heterocycles. The van der Waals surface area contributed by atoms with Crippen molar-refractivity contribution in [2.45, 2.75) is 38.0 Å². The first kappa shape index (κ1) is 28.3. The molecule has 214 valence electrons. The third kappa shape index (κ3) is 4.27. The number of hydrogen-bond donors (Lipinski definition) is 4. The van der Waals surface area contributed by atoms with Crippen molar-refractivity contribution in [1.82, 2.24) is 10.2 Å². The molecule has 0 radical (unpaired) electrons. The van der Waals surface area contributed by atoms with Gasteiger partial charge in [-0.25, -0.2) is 0 Å². The Hall–Kier alpha value is -4.22. The van der Waals surface area contributed by atoms with Gasteiger partial charge in [-0.3, -0.25) is 33.7 Å². The predicted molar refractivity (Wildman–Crippen MR) is 144 cm³/mol. The zero-order chi connectivity index (χ0) is 30.0. The Bertz CT molecular complexity index is 1510. The summed E-state index contributed by atoms with van der Waals surface area (Å²) < 4.78 is 0. The molecule has 11 nitrogen and oxygen atoms in total. The average Bonchev–Trinajstić information content (AvgIpc) is 2.89. The van der Waals surface area contributed by atoms with Gasteiger partial charge in [-0.15, -0.1) is 0 Å². The number of hydrogen-bond acceptors (Lipinski definition) is 9. The lowest BCUT2D eigenvalue weighted by Crippen LogP contribution is -2.74. The first-order valence-electron chi connectivity index (χ1n) is 13.3. The molecule has 0 saturated heterocycles. The molecule has 0 spiro atoms. The van der Waals surface area contributed by atoms with Crippen LogP contribution in [0.15, 0.2) is 36.4 Å². The number of ketones is 4. The van der Waals surface area contributed by atoms with Crippen molar-refractivity contribution < 1.29 is 39.0 Å². The predicted octanol–water partition coefficient (Wildman–Crippen LogP) is 0.170. The summed E-state index contributed by atoms with van der Waals surface area (Å²) in [4.78, 5) is 79.2. The quantitative estimate of drug-likeness (QED) is 0.370. The molecule has 2 amide bonds. The fraction of sp³-hybridized carbons (Fsp3) is 0.400. The van der Waals surface area contributed by atoms with Gasteiger partial charge >= 0.3 is 0 Å². The SMILES string of the molecule is CC(=O)NCc1ccc(-c2ccc(O)c3c2C[C@@H]2C[C@@H]4[C@@H](N(C)C)C(=O)C(C(N)=O)C(=O)[C@]4(O)C(=O)C2C3=O)cc1. The van der Waals surface area contributed by atoms with E-state index >= 15 is 0 Å². The van der Waals surface area contributed by atoms with E-state index < -0.39 is 64.4 Å². The van der Waals surface area contributed by atoms with E-state index in [9.17, 15) is 39.0 Å². The van der Waals surface area contributed by atoms with E-state index in [1.54, 1.807) is 20.2 Å². The van der Waals surface area contributed by atoms with Gasteiger partial charge in [0.05, 0.1) is 17.5 Å². The molecule has 41 heavy (non-hydrogen) atoms. The second kappa shape index (κ2) is 10.0. The number of fused-ring (bicyclic) bond motifs is 3. The first-order valence-corrected chi connectivity index (χ1v) is 13.3. The number of phenols is 1. The van der Waals surface area contributed by atoms with Gasteiger partial charge in [0.25, 0.3) is 0 Å². The third-order valence-corrected chi connectivity index (χ3v) is 8.75. The number of carbonyl (C=O) groups is 6. The number of aromatic hydroxyl groups is 1. The summed E-state index contributed by atoms with van der Waals surface area (Å²) in [5.74, 6) is -10.9. The molecule has 3 aliphatic carbocycles. The molecule has 0 aliphatic heterocycles. The maximum atomic E-state index is 13.9. The first-order chi connectivity index (χ1) is 19.3. The number of nitrogens with zero attached hydrogens (tertiary/aromatic N) is 1. The molecule has 2 saturated carbocycles. The topological polar surface area (TPSA) is 184 Å². The van der Waals surface area contributed by atoms with E-state index in [4.69, 9.17) is 5.73 Å². The van der Waals surface area contributed by atoms with Crippen molar-refractivity contribution >= 4 is 34.9 Å². The molecular weight excluding hydrogens is 530 g/mol. The summed E-state index contributed by atoms with van der Waals surface area (Å²) in [6, 6.07) is 9.20. The number of carbonyl (C=O) groups excluding carboxylic acids is 6. The van der Waals surface area contributed by atoms with E-state index in [1.165, 1.54) is 17.9 Å². The lowest BCUT2D eigenvalue weighted by molar-refractivity contribution is -0.181. The molecule has 3 aliphatic rings. The van der Waals surface area contributed by atoms with Crippen LogP contribution in [0, 0.1) is 23.7 Å². The van der Waals surface area contributed by atoms with Crippen molar-refractivity contribution in [3.63, 3.8) is 0 Å².